The third-order valence-electron chi connectivity index (χ3n) is 8.54. The average Bonchev–Trinajstić information content (AvgIpc) is 3.02. The normalized spacial score (nSPS) is 15.8. The van der Waals surface area contributed by atoms with E-state index in [1.807, 2.05) is 33.0 Å². The molecule has 1 aromatic carbocycles. The maximum Gasteiger partial charge on any atom is 0.257 e. The van der Waals surface area contributed by atoms with Gasteiger partial charge in [0.2, 0.25) is 0 Å². The van der Waals surface area contributed by atoms with Crippen LogP contribution in [0.5, 0.6) is 17.2 Å². The van der Waals surface area contributed by atoms with Gasteiger partial charge in [-0.1, -0.05) is 0 Å². The first-order valence-corrected chi connectivity index (χ1v) is 16.1. The quantitative estimate of drug-likeness (QED) is 0.277. The molecule has 2 aliphatic heterocycles. The molecule has 1 saturated heterocycles. The molecule has 242 valence electrons. The summed E-state index contributed by atoms with van der Waals surface area (Å²) in [6, 6.07) is 5.99. The van der Waals surface area contributed by atoms with Gasteiger partial charge in [-0.3, -0.25) is 14.7 Å². The maximum atomic E-state index is 14.3. The van der Waals surface area contributed by atoms with Crippen LogP contribution in [0.1, 0.15) is 61.6 Å². The van der Waals surface area contributed by atoms with Crippen molar-refractivity contribution >= 4 is 11.7 Å². The molecule has 4 heterocycles. The highest BCUT2D eigenvalue weighted by atomic mass is 19.1. The Bertz CT molecular complexity index is 1450. The summed E-state index contributed by atoms with van der Waals surface area (Å²) in [5.41, 5.74) is 2.53. The topological polar surface area (TPSA) is 87.2 Å². The lowest BCUT2D eigenvalue weighted by Crippen LogP contribution is -2.39. The van der Waals surface area contributed by atoms with E-state index in [9.17, 15) is 9.18 Å². The van der Waals surface area contributed by atoms with Crippen molar-refractivity contribution in [2.24, 2.45) is 0 Å². The number of aromatic nitrogens is 3. The summed E-state index contributed by atoms with van der Waals surface area (Å²) in [6.45, 7) is 11.8. The molecule has 0 aliphatic carbocycles. The number of halogens is 1. The van der Waals surface area contributed by atoms with Crippen molar-refractivity contribution in [3.63, 3.8) is 0 Å². The second-order valence-electron chi connectivity index (χ2n) is 12.4. The lowest BCUT2D eigenvalue weighted by molar-refractivity contribution is 0.0713. The van der Waals surface area contributed by atoms with Crippen LogP contribution in [-0.2, 0) is 13.0 Å². The molecule has 0 spiro atoms. The van der Waals surface area contributed by atoms with Gasteiger partial charge in [-0.2, -0.15) is 0 Å². The van der Waals surface area contributed by atoms with E-state index in [-0.39, 0.29) is 29.4 Å². The zero-order valence-corrected chi connectivity index (χ0v) is 27.2. The Kier molecular flexibility index (Phi) is 10.8. The van der Waals surface area contributed by atoms with Crippen LogP contribution in [0, 0.1) is 5.82 Å². The molecule has 5 rings (SSSR count). The van der Waals surface area contributed by atoms with Gasteiger partial charge in [-0.25, -0.2) is 14.4 Å². The summed E-state index contributed by atoms with van der Waals surface area (Å²) in [5, 5.41) is 0. The van der Waals surface area contributed by atoms with Crippen molar-refractivity contribution in [3.05, 3.63) is 65.6 Å². The zero-order valence-electron chi connectivity index (χ0n) is 27.2. The zero-order chi connectivity index (χ0) is 31.9. The molecule has 10 nitrogen and oxygen atoms in total. The number of hydrogen-bond acceptors (Lipinski definition) is 9. The van der Waals surface area contributed by atoms with E-state index >= 15 is 0 Å². The van der Waals surface area contributed by atoms with Gasteiger partial charge in [-0.15, -0.1) is 0 Å². The van der Waals surface area contributed by atoms with Gasteiger partial charge in [0.25, 0.3) is 5.91 Å². The minimum Gasteiger partial charge on any atom is -0.490 e. The Hall–Kier alpha value is -3.83. The molecule has 45 heavy (non-hydrogen) atoms. The monoisotopic (exact) mass is 619 g/mol. The highest BCUT2D eigenvalue weighted by Crippen LogP contribution is 2.35. The molecular formula is C34H46FN7O3. The van der Waals surface area contributed by atoms with Crippen molar-refractivity contribution in [3.8, 4) is 17.2 Å². The fourth-order valence-corrected chi connectivity index (χ4v) is 6.15. The van der Waals surface area contributed by atoms with E-state index in [0.717, 1.165) is 76.4 Å². The number of carbonyl (C=O) groups excluding carboxylic acids is 1. The second-order valence-corrected chi connectivity index (χ2v) is 12.4. The van der Waals surface area contributed by atoms with Gasteiger partial charge in [0.1, 0.15) is 29.7 Å². The molecule has 2 aromatic heterocycles. The highest BCUT2D eigenvalue weighted by Gasteiger charge is 2.28. The van der Waals surface area contributed by atoms with Crippen molar-refractivity contribution < 1.29 is 18.7 Å². The number of pyridine rings is 1. The maximum absolute atomic E-state index is 14.3. The van der Waals surface area contributed by atoms with E-state index in [0.29, 0.717) is 18.1 Å². The molecule has 0 saturated carbocycles. The van der Waals surface area contributed by atoms with Gasteiger partial charge in [0.05, 0.1) is 17.5 Å². The highest BCUT2D eigenvalue weighted by molar-refractivity contribution is 5.97. The van der Waals surface area contributed by atoms with Crippen LogP contribution < -0.4 is 14.4 Å². The first kappa shape index (κ1) is 32.6. The Morgan fingerprint density at radius 3 is 2.62 bits per heavy atom. The molecule has 0 radical (unpaired) electrons. The summed E-state index contributed by atoms with van der Waals surface area (Å²) in [6.07, 6.45) is 8.76. The minimum atomic E-state index is -0.495. The largest absolute Gasteiger partial charge is 0.490 e. The Morgan fingerprint density at radius 1 is 1.09 bits per heavy atom. The molecule has 0 unspecified atom stereocenters. The number of hydrogen-bond donors (Lipinski definition) is 0. The van der Waals surface area contributed by atoms with Gasteiger partial charge in [0, 0.05) is 63.4 Å². The second kappa shape index (κ2) is 15.0. The number of nitrogens with zero attached hydrogens (tertiary/aromatic N) is 7. The van der Waals surface area contributed by atoms with Gasteiger partial charge in [0.15, 0.2) is 11.6 Å². The number of piperidine rings is 1. The van der Waals surface area contributed by atoms with Crippen LogP contribution in [0.3, 0.4) is 0 Å². The van der Waals surface area contributed by atoms with Crippen molar-refractivity contribution in [1.82, 2.24) is 29.7 Å². The summed E-state index contributed by atoms with van der Waals surface area (Å²) in [5.74, 6) is 1.50. The van der Waals surface area contributed by atoms with E-state index in [1.54, 1.807) is 11.1 Å². The molecule has 0 atom stereocenters. The van der Waals surface area contributed by atoms with E-state index in [4.69, 9.17) is 14.5 Å². The molecule has 0 N–H and O–H groups in total. The van der Waals surface area contributed by atoms with E-state index in [2.05, 4.69) is 38.8 Å². The van der Waals surface area contributed by atoms with Crippen LogP contribution in [0.2, 0.25) is 0 Å². The first-order valence-electron chi connectivity index (χ1n) is 16.1. The first-order chi connectivity index (χ1) is 21.7. The van der Waals surface area contributed by atoms with Crippen LogP contribution in [0.4, 0.5) is 10.2 Å². The number of rotatable bonds is 12. The Morgan fingerprint density at radius 2 is 1.89 bits per heavy atom. The number of carbonyl (C=O) groups is 1. The molecule has 1 fully saturated rings. The molecule has 1 amide bonds. The fourth-order valence-electron chi connectivity index (χ4n) is 6.15. The third-order valence-corrected chi connectivity index (χ3v) is 8.54. The molecule has 3 aromatic rings. The number of anilines is 1. The van der Waals surface area contributed by atoms with Gasteiger partial charge in [-0.05, 0) is 85.1 Å². The predicted octanol–water partition coefficient (Wildman–Crippen LogP) is 5.03. The lowest BCUT2D eigenvalue weighted by Gasteiger charge is -2.34. The third kappa shape index (κ3) is 8.07. The molecular weight excluding hydrogens is 573 g/mol. The Labute approximate surface area is 266 Å². The van der Waals surface area contributed by atoms with Gasteiger partial charge < -0.3 is 24.2 Å². The van der Waals surface area contributed by atoms with E-state index in [1.165, 1.54) is 30.1 Å². The number of benzene rings is 1. The van der Waals surface area contributed by atoms with Crippen molar-refractivity contribution in [2.45, 2.75) is 65.1 Å². The lowest BCUT2D eigenvalue weighted by atomic mass is 10.0. The van der Waals surface area contributed by atoms with Crippen molar-refractivity contribution in [1.29, 1.82) is 0 Å². The number of fused-ring (bicyclic) bond motifs is 1. The fraction of sp³-hybridized carbons (Fsp3) is 0.529. The van der Waals surface area contributed by atoms with Crippen LogP contribution in [-0.4, -0.2) is 101 Å². The summed E-state index contributed by atoms with van der Waals surface area (Å²) < 4.78 is 27.1. The molecule has 11 heteroatoms. The Balaban J connectivity index is 1.23. The predicted molar refractivity (Wildman–Crippen MR) is 173 cm³/mol. The SMILES string of the molecule is CCN(C(=O)c1cc(F)ccc1Oc1cncnc1N1CCC(Oc2ccnc3c2CCN(CCCN(C)C)C3)CC1)C(C)C. The van der Waals surface area contributed by atoms with Crippen LogP contribution >= 0.6 is 0 Å². The van der Waals surface area contributed by atoms with Crippen LogP contribution in [0.25, 0.3) is 0 Å². The number of ether oxygens (including phenoxy) is 2. The summed E-state index contributed by atoms with van der Waals surface area (Å²) in [7, 11) is 4.23. The van der Waals surface area contributed by atoms with Gasteiger partial charge >= 0.3 is 0 Å². The van der Waals surface area contributed by atoms with Crippen LogP contribution in [0.15, 0.2) is 43.0 Å². The minimum absolute atomic E-state index is 0.0387. The molecule has 0 bridgehead atoms. The average molecular weight is 620 g/mol. The standard InChI is InChI=1S/C34H46FN7O3/c1-6-42(24(2)3)34(43)28-20-25(35)8-9-30(28)45-32-21-36-23-38-33(32)41-18-11-26(12-19-41)44-31-10-14-37-29-22-40(17-13-27(29)31)16-7-15-39(4)5/h8-10,14,20-21,23-24,26H,6-7,11-13,15-19,22H2,1-5H3. The van der Waals surface area contributed by atoms with Crippen molar-refractivity contribution in [2.75, 3.05) is 58.3 Å². The molecule has 2 aliphatic rings. The summed E-state index contributed by atoms with van der Waals surface area (Å²) in [4.78, 5) is 35.3. The smallest absolute Gasteiger partial charge is 0.257 e. The van der Waals surface area contributed by atoms with E-state index < -0.39 is 5.82 Å². The summed E-state index contributed by atoms with van der Waals surface area (Å²) >= 11 is 0. The number of amides is 1.